The van der Waals surface area contributed by atoms with Crippen molar-refractivity contribution in [3.8, 4) is 11.1 Å². The molecular formula is C12H4Cl4F3N. The van der Waals surface area contributed by atoms with Gasteiger partial charge in [0.15, 0.2) is 5.69 Å². The normalized spacial score (nSPS) is 11.8. The Bertz CT molecular complexity index is 670. The Morgan fingerprint density at radius 2 is 1.45 bits per heavy atom. The molecular weight excluding hydrogens is 357 g/mol. The molecule has 0 radical (unpaired) electrons. The van der Waals surface area contributed by atoms with Gasteiger partial charge in [-0.3, -0.25) is 4.98 Å². The first kappa shape index (κ1) is 15.7. The molecule has 0 saturated heterocycles. The summed E-state index contributed by atoms with van der Waals surface area (Å²) >= 11 is 23.6. The van der Waals surface area contributed by atoms with Gasteiger partial charge in [0.05, 0.1) is 20.1 Å². The smallest absolute Gasteiger partial charge is 0.250 e. The summed E-state index contributed by atoms with van der Waals surface area (Å²) in [6.07, 6.45) is -3.69. The molecule has 0 saturated carbocycles. The first-order chi connectivity index (χ1) is 9.23. The van der Waals surface area contributed by atoms with Crippen LogP contribution in [-0.2, 0) is 6.18 Å². The number of pyridine rings is 1. The van der Waals surface area contributed by atoms with Crippen LogP contribution in [0, 0.1) is 0 Å². The van der Waals surface area contributed by atoms with Gasteiger partial charge in [-0.05, 0) is 18.2 Å². The lowest BCUT2D eigenvalue weighted by atomic mass is 10.1. The predicted molar refractivity (Wildman–Crippen MR) is 74.7 cm³/mol. The monoisotopic (exact) mass is 359 g/mol. The lowest BCUT2D eigenvalue weighted by molar-refractivity contribution is -0.141. The van der Waals surface area contributed by atoms with Crippen molar-refractivity contribution in [2.24, 2.45) is 0 Å². The van der Waals surface area contributed by atoms with Crippen molar-refractivity contribution in [2.45, 2.75) is 6.18 Å². The topological polar surface area (TPSA) is 12.9 Å². The van der Waals surface area contributed by atoms with E-state index < -0.39 is 16.9 Å². The van der Waals surface area contributed by atoms with Crippen LogP contribution < -0.4 is 0 Å². The van der Waals surface area contributed by atoms with Crippen molar-refractivity contribution in [3.05, 3.63) is 50.2 Å². The molecule has 106 valence electrons. The molecule has 0 bridgehead atoms. The molecule has 0 aliphatic heterocycles. The van der Waals surface area contributed by atoms with Crippen molar-refractivity contribution in [1.29, 1.82) is 0 Å². The molecule has 0 spiro atoms. The number of rotatable bonds is 1. The molecule has 1 nitrogen and oxygen atoms in total. The number of alkyl halides is 3. The van der Waals surface area contributed by atoms with Crippen LogP contribution in [0.1, 0.15) is 5.69 Å². The fraction of sp³-hybridized carbons (Fsp3) is 0.0833. The summed E-state index contributed by atoms with van der Waals surface area (Å²) in [5.74, 6) is 0. The summed E-state index contributed by atoms with van der Waals surface area (Å²) in [5, 5.41) is -0.250. The minimum Gasteiger partial charge on any atom is -0.250 e. The number of hydrogen-bond donors (Lipinski definition) is 0. The summed E-state index contributed by atoms with van der Waals surface area (Å²) in [5.41, 5.74) is -1.05. The standard InChI is InChI=1S/C12H4Cl4F3N/c13-6-1-2-7(14)10(16)8(6)5-3-4-20-11(9(5)15)12(17,18)19/h1-4H. The Morgan fingerprint density at radius 3 is 2.05 bits per heavy atom. The van der Waals surface area contributed by atoms with Gasteiger partial charge in [0.25, 0.3) is 0 Å². The van der Waals surface area contributed by atoms with Crippen LogP contribution in [0.4, 0.5) is 13.2 Å². The molecule has 0 fully saturated rings. The predicted octanol–water partition coefficient (Wildman–Crippen LogP) is 6.38. The van der Waals surface area contributed by atoms with E-state index >= 15 is 0 Å². The highest BCUT2D eigenvalue weighted by Gasteiger charge is 2.36. The summed E-state index contributed by atoms with van der Waals surface area (Å²) < 4.78 is 38.4. The van der Waals surface area contributed by atoms with Crippen molar-refractivity contribution >= 4 is 46.4 Å². The van der Waals surface area contributed by atoms with Gasteiger partial charge in [-0.1, -0.05) is 46.4 Å². The van der Waals surface area contributed by atoms with Crippen LogP contribution in [0.2, 0.25) is 20.1 Å². The summed E-state index contributed by atoms with van der Waals surface area (Å²) in [6, 6.07) is 4.16. The maximum atomic E-state index is 12.8. The van der Waals surface area contributed by atoms with Crippen LogP contribution in [0.5, 0.6) is 0 Å². The van der Waals surface area contributed by atoms with Crippen LogP contribution in [0.15, 0.2) is 24.4 Å². The average Bonchev–Trinajstić information content (AvgIpc) is 2.35. The van der Waals surface area contributed by atoms with Gasteiger partial charge in [0, 0.05) is 17.3 Å². The van der Waals surface area contributed by atoms with Crippen molar-refractivity contribution < 1.29 is 13.2 Å². The van der Waals surface area contributed by atoms with Crippen LogP contribution >= 0.6 is 46.4 Å². The number of hydrogen-bond acceptors (Lipinski definition) is 1. The molecule has 20 heavy (non-hydrogen) atoms. The second kappa shape index (κ2) is 5.60. The molecule has 0 atom stereocenters. The van der Waals surface area contributed by atoms with Crippen molar-refractivity contribution in [1.82, 2.24) is 4.98 Å². The molecule has 2 aromatic rings. The van der Waals surface area contributed by atoms with Crippen LogP contribution in [-0.4, -0.2) is 4.98 Å². The second-order valence-corrected chi connectivity index (χ2v) is 5.31. The van der Waals surface area contributed by atoms with E-state index in [4.69, 9.17) is 46.4 Å². The third-order valence-corrected chi connectivity index (χ3v) is 3.97. The van der Waals surface area contributed by atoms with Gasteiger partial charge in [0.1, 0.15) is 0 Å². The first-order valence-electron chi connectivity index (χ1n) is 5.09. The maximum absolute atomic E-state index is 12.8. The van der Waals surface area contributed by atoms with E-state index in [1.807, 2.05) is 0 Å². The lowest BCUT2D eigenvalue weighted by Gasteiger charge is -2.14. The van der Waals surface area contributed by atoms with Gasteiger partial charge in [-0.2, -0.15) is 13.2 Å². The highest BCUT2D eigenvalue weighted by Crippen LogP contribution is 2.44. The van der Waals surface area contributed by atoms with E-state index in [1.165, 1.54) is 18.2 Å². The highest BCUT2D eigenvalue weighted by molar-refractivity contribution is 6.46. The Balaban J connectivity index is 2.76. The average molecular weight is 361 g/mol. The molecule has 0 unspecified atom stereocenters. The zero-order valence-electron chi connectivity index (χ0n) is 9.40. The summed E-state index contributed by atoms with van der Waals surface area (Å²) in [7, 11) is 0. The van der Waals surface area contributed by atoms with Crippen LogP contribution in [0.3, 0.4) is 0 Å². The Hall–Kier alpha value is -0.680. The Morgan fingerprint density at radius 1 is 0.850 bits per heavy atom. The zero-order valence-corrected chi connectivity index (χ0v) is 12.4. The van der Waals surface area contributed by atoms with Gasteiger partial charge in [-0.25, -0.2) is 0 Å². The fourth-order valence-electron chi connectivity index (χ4n) is 1.61. The molecule has 1 heterocycles. The first-order valence-corrected chi connectivity index (χ1v) is 6.60. The molecule has 1 aromatic carbocycles. The minimum absolute atomic E-state index is 0.0199. The van der Waals surface area contributed by atoms with Gasteiger partial charge < -0.3 is 0 Å². The third kappa shape index (κ3) is 2.84. The fourth-order valence-corrected chi connectivity index (χ4v) is 2.65. The van der Waals surface area contributed by atoms with Crippen molar-refractivity contribution in [3.63, 3.8) is 0 Å². The maximum Gasteiger partial charge on any atom is 0.434 e. The highest BCUT2D eigenvalue weighted by atomic mass is 35.5. The minimum atomic E-state index is -4.68. The second-order valence-electron chi connectivity index (χ2n) is 3.74. The van der Waals surface area contributed by atoms with Gasteiger partial charge in [0.2, 0.25) is 0 Å². The molecule has 0 amide bonds. The van der Waals surface area contributed by atoms with E-state index in [9.17, 15) is 13.2 Å². The number of aromatic nitrogens is 1. The molecule has 2 rings (SSSR count). The summed E-state index contributed by atoms with van der Waals surface area (Å²) in [4.78, 5) is 3.24. The van der Waals surface area contributed by atoms with Gasteiger partial charge >= 0.3 is 6.18 Å². The van der Waals surface area contributed by atoms with E-state index in [-0.39, 0.29) is 26.2 Å². The molecule has 0 aliphatic rings. The van der Waals surface area contributed by atoms with Crippen LogP contribution in [0.25, 0.3) is 11.1 Å². The Labute approximate surface area is 132 Å². The van der Waals surface area contributed by atoms with E-state index in [0.29, 0.717) is 0 Å². The zero-order chi connectivity index (χ0) is 15.1. The SMILES string of the molecule is FC(F)(F)c1nccc(-c2c(Cl)ccc(Cl)c2Cl)c1Cl. The largest absolute Gasteiger partial charge is 0.434 e. The van der Waals surface area contributed by atoms with E-state index in [2.05, 4.69) is 4.98 Å². The van der Waals surface area contributed by atoms with E-state index in [0.717, 1.165) is 6.20 Å². The number of benzene rings is 1. The lowest BCUT2D eigenvalue weighted by Crippen LogP contribution is -2.09. The summed E-state index contributed by atoms with van der Waals surface area (Å²) in [6.45, 7) is 0. The number of halogens is 7. The molecule has 0 N–H and O–H groups in total. The van der Waals surface area contributed by atoms with E-state index in [1.54, 1.807) is 0 Å². The molecule has 8 heteroatoms. The third-order valence-electron chi connectivity index (χ3n) is 2.47. The Kier molecular flexibility index (Phi) is 4.40. The molecule has 1 aromatic heterocycles. The quantitative estimate of drug-likeness (QED) is 0.537. The number of nitrogens with zero attached hydrogens (tertiary/aromatic N) is 1. The molecule has 0 aliphatic carbocycles. The van der Waals surface area contributed by atoms with Crippen molar-refractivity contribution in [2.75, 3.05) is 0 Å². The van der Waals surface area contributed by atoms with Gasteiger partial charge in [-0.15, -0.1) is 0 Å².